The van der Waals surface area contributed by atoms with Crippen molar-refractivity contribution in [1.29, 1.82) is 0 Å². The third-order valence-electron chi connectivity index (χ3n) is 4.99. The van der Waals surface area contributed by atoms with Gasteiger partial charge in [0.15, 0.2) is 17.0 Å². The number of imidazole rings is 1. The fourth-order valence-corrected chi connectivity index (χ4v) is 3.85. The van der Waals surface area contributed by atoms with Crippen molar-refractivity contribution in [2.75, 3.05) is 19.7 Å². The summed E-state index contributed by atoms with van der Waals surface area (Å²) in [5.74, 6) is 0.767. The van der Waals surface area contributed by atoms with Crippen LogP contribution in [0.25, 0.3) is 11.2 Å². The van der Waals surface area contributed by atoms with Crippen molar-refractivity contribution in [3.8, 4) is 0 Å². The van der Waals surface area contributed by atoms with Crippen LogP contribution in [0.15, 0.2) is 9.59 Å². The third kappa shape index (κ3) is 3.34. The number of aryl methyl sites for hydroxylation is 2. The van der Waals surface area contributed by atoms with E-state index in [1.165, 1.54) is 16.5 Å². The molecule has 26 heavy (non-hydrogen) atoms. The van der Waals surface area contributed by atoms with Crippen LogP contribution < -0.4 is 16.1 Å². The first-order valence-corrected chi connectivity index (χ1v) is 9.08. The van der Waals surface area contributed by atoms with Crippen LogP contribution in [0.4, 0.5) is 0 Å². The quantitative estimate of drug-likeness (QED) is 0.639. The minimum absolute atomic E-state index is 0.0314. The van der Waals surface area contributed by atoms with E-state index < -0.39 is 0 Å². The molecule has 2 atom stereocenters. The zero-order valence-electron chi connectivity index (χ0n) is 15.9. The highest BCUT2D eigenvalue weighted by Crippen LogP contribution is 2.12. The molecule has 3 rings (SSSR count). The van der Waals surface area contributed by atoms with Gasteiger partial charge >= 0.3 is 5.69 Å². The van der Waals surface area contributed by atoms with Gasteiger partial charge in [0.2, 0.25) is 0 Å². The van der Waals surface area contributed by atoms with E-state index in [0.717, 1.165) is 23.5 Å². The summed E-state index contributed by atoms with van der Waals surface area (Å²) in [7, 11) is 3.10. The van der Waals surface area contributed by atoms with Gasteiger partial charge < -0.3 is 19.3 Å². The van der Waals surface area contributed by atoms with E-state index in [0.29, 0.717) is 30.7 Å². The zero-order chi connectivity index (χ0) is 19.0. The zero-order valence-corrected chi connectivity index (χ0v) is 15.9. The number of morpholine rings is 1. The Kier molecular flexibility index (Phi) is 5.31. The second-order valence-electron chi connectivity index (χ2n) is 7.23. The number of quaternary nitrogens is 1. The standard InChI is InChI=1S/C17H27N5O4/c1-11-8-21(9-12(2)26-11)10-13-18-15-14(22(13)6-5-7-23)16(24)20(4)17(25)19(15)3/h11-12,23H,5-10H2,1-4H3/p+1/t11-,12-/m1/s1. The maximum Gasteiger partial charge on any atom is 0.332 e. The molecule has 9 heteroatoms. The minimum atomic E-state index is -0.387. The van der Waals surface area contributed by atoms with Gasteiger partial charge in [0.05, 0.1) is 0 Å². The van der Waals surface area contributed by atoms with Gasteiger partial charge in [0, 0.05) is 27.2 Å². The van der Waals surface area contributed by atoms with E-state index in [4.69, 9.17) is 4.74 Å². The number of hydrogen-bond donors (Lipinski definition) is 2. The summed E-state index contributed by atoms with van der Waals surface area (Å²) in [6.07, 6.45) is 0.859. The number of nitrogens with zero attached hydrogens (tertiary/aromatic N) is 4. The van der Waals surface area contributed by atoms with Crippen molar-refractivity contribution in [2.24, 2.45) is 14.1 Å². The largest absolute Gasteiger partial charge is 0.396 e. The molecule has 0 aromatic carbocycles. The molecule has 0 unspecified atom stereocenters. The topological polar surface area (TPSA) is 95.7 Å². The number of nitrogens with one attached hydrogen (secondary N) is 1. The Morgan fingerprint density at radius 1 is 1.19 bits per heavy atom. The van der Waals surface area contributed by atoms with E-state index >= 15 is 0 Å². The minimum Gasteiger partial charge on any atom is -0.396 e. The Hall–Kier alpha value is -1.97. The van der Waals surface area contributed by atoms with Crippen molar-refractivity contribution in [2.45, 2.75) is 45.6 Å². The molecule has 1 aliphatic rings. The lowest BCUT2D eigenvalue weighted by atomic mass is 10.2. The summed E-state index contributed by atoms with van der Waals surface area (Å²) >= 11 is 0. The smallest absolute Gasteiger partial charge is 0.332 e. The van der Waals surface area contributed by atoms with E-state index in [1.807, 2.05) is 4.57 Å². The van der Waals surface area contributed by atoms with Gasteiger partial charge in [0.25, 0.3) is 5.56 Å². The Bertz CT molecular complexity index is 902. The van der Waals surface area contributed by atoms with E-state index in [2.05, 4.69) is 18.8 Å². The highest BCUT2D eigenvalue weighted by atomic mass is 16.5. The number of fused-ring (bicyclic) bond motifs is 1. The van der Waals surface area contributed by atoms with Gasteiger partial charge in [0.1, 0.15) is 31.8 Å². The van der Waals surface area contributed by atoms with Crippen molar-refractivity contribution >= 4 is 11.2 Å². The van der Waals surface area contributed by atoms with Crippen molar-refractivity contribution < 1.29 is 14.7 Å². The number of aliphatic hydroxyl groups is 1. The first kappa shape index (κ1) is 18.8. The average Bonchev–Trinajstić information content (AvgIpc) is 2.93. The summed E-state index contributed by atoms with van der Waals surface area (Å²) in [5, 5.41) is 9.25. The van der Waals surface area contributed by atoms with Crippen LogP contribution >= 0.6 is 0 Å². The maximum absolute atomic E-state index is 12.7. The molecule has 0 saturated carbocycles. The molecule has 0 aliphatic carbocycles. The van der Waals surface area contributed by atoms with Gasteiger partial charge in [-0.2, -0.15) is 0 Å². The third-order valence-corrected chi connectivity index (χ3v) is 4.99. The summed E-state index contributed by atoms with van der Waals surface area (Å²) in [4.78, 5) is 30.9. The molecule has 1 saturated heterocycles. The van der Waals surface area contributed by atoms with Crippen LogP contribution in [0.5, 0.6) is 0 Å². The number of hydrogen-bond acceptors (Lipinski definition) is 5. The van der Waals surface area contributed by atoms with Crippen LogP contribution in [0.3, 0.4) is 0 Å². The van der Waals surface area contributed by atoms with E-state index in [-0.39, 0.29) is 30.1 Å². The first-order chi connectivity index (χ1) is 12.3. The van der Waals surface area contributed by atoms with Gasteiger partial charge in [-0.3, -0.25) is 13.9 Å². The van der Waals surface area contributed by atoms with Gasteiger partial charge in [-0.15, -0.1) is 0 Å². The molecule has 1 fully saturated rings. The molecule has 2 aromatic heterocycles. The second kappa shape index (κ2) is 7.34. The van der Waals surface area contributed by atoms with Crippen LogP contribution in [0, 0.1) is 0 Å². The van der Waals surface area contributed by atoms with Gasteiger partial charge in [-0.05, 0) is 20.3 Å². The normalized spacial score (nSPS) is 23.7. The SMILES string of the molecule is C[C@@H]1C[NH+](Cc2nc3c(c(=O)n(C)c(=O)n3C)n2CCCO)C[C@@H](C)O1. The number of ether oxygens (including phenoxy) is 1. The van der Waals surface area contributed by atoms with E-state index in [9.17, 15) is 14.7 Å². The Balaban J connectivity index is 2.09. The number of aromatic nitrogens is 4. The molecule has 144 valence electrons. The lowest BCUT2D eigenvalue weighted by Crippen LogP contribution is -3.14. The molecular weight excluding hydrogens is 338 g/mol. The summed E-state index contributed by atoms with van der Waals surface area (Å²) in [5.41, 5.74) is 0.0897. The molecule has 0 bridgehead atoms. The van der Waals surface area contributed by atoms with Crippen molar-refractivity contribution in [3.63, 3.8) is 0 Å². The predicted octanol–water partition coefficient (Wildman–Crippen LogP) is -1.99. The Morgan fingerprint density at radius 2 is 1.85 bits per heavy atom. The highest BCUT2D eigenvalue weighted by molar-refractivity contribution is 5.71. The van der Waals surface area contributed by atoms with Crippen LogP contribution in [-0.2, 0) is 31.9 Å². The lowest BCUT2D eigenvalue weighted by molar-refractivity contribution is -0.929. The van der Waals surface area contributed by atoms with Crippen LogP contribution in [-0.4, -0.2) is 55.7 Å². The number of aliphatic hydroxyl groups excluding tert-OH is 1. The Morgan fingerprint density at radius 3 is 2.46 bits per heavy atom. The summed E-state index contributed by atoms with van der Waals surface area (Å²) < 4.78 is 10.2. The van der Waals surface area contributed by atoms with Crippen molar-refractivity contribution in [3.05, 3.63) is 26.7 Å². The second-order valence-corrected chi connectivity index (χ2v) is 7.23. The Labute approximate surface area is 151 Å². The van der Waals surface area contributed by atoms with Gasteiger partial charge in [-0.1, -0.05) is 0 Å². The van der Waals surface area contributed by atoms with Crippen LogP contribution in [0.2, 0.25) is 0 Å². The first-order valence-electron chi connectivity index (χ1n) is 9.08. The lowest BCUT2D eigenvalue weighted by Gasteiger charge is -2.32. The molecular formula is C17H28N5O4+. The molecule has 3 heterocycles. The summed E-state index contributed by atoms with van der Waals surface area (Å²) in [6, 6.07) is 0. The molecule has 2 aromatic rings. The van der Waals surface area contributed by atoms with Gasteiger partial charge in [-0.25, -0.2) is 9.78 Å². The molecule has 0 radical (unpaired) electrons. The fraction of sp³-hybridized carbons (Fsp3) is 0.706. The van der Waals surface area contributed by atoms with Crippen molar-refractivity contribution in [1.82, 2.24) is 18.7 Å². The maximum atomic E-state index is 12.7. The van der Waals surface area contributed by atoms with Crippen LogP contribution in [0.1, 0.15) is 26.1 Å². The fourth-order valence-electron chi connectivity index (χ4n) is 3.85. The predicted molar refractivity (Wildman–Crippen MR) is 96.3 cm³/mol. The average molecular weight is 366 g/mol. The summed E-state index contributed by atoms with van der Waals surface area (Å²) in [6.45, 7) is 7.02. The molecule has 0 spiro atoms. The molecule has 0 amide bonds. The monoisotopic (exact) mass is 366 g/mol. The number of rotatable bonds is 5. The molecule has 9 nitrogen and oxygen atoms in total. The molecule has 1 aliphatic heterocycles. The highest BCUT2D eigenvalue weighted by Gasteiger charge is 2.28. The van der Waals surface area contributed by atoms with E-state index in [1.54, 1.807) is 7.05 Å². The molecule has 2 N–H and O–H groups in total.